The van der Waals surface area contributed by atoms with Crippen molar-refractivity contribution in [2.75, 3.05) is 0 Å². The number of carboxylic acids is 1. The first-order chi connectivity index (χ1) is 7.57. The average Bonchev–Trinajstić information content (AvgIpc) is 2.98. The number of hydrogen-bond acceptors (Lipinski definition) is 2. The van der Waals surface area contributed by atoms with Crippen LogP contribution < -0.4 is 0 Å². The van der Waals surface area contributed by atoms with E-state index in [-0.39, 0.29) is 6.42 Å². The SMILES string of the molecule is O=Cc1ccc(F)cc1C1(CC(=O)O)CC1. The van der Waals surface area contributed by atoms with Gasteiger partial charge in [-0.25, -0.2) is 4.39 Å². The second-order valence-electron chi connectivity index (χ2n) is 4.20. The highest BCUT2D eigenvalue weighted by atomic mass is 19.1. The van der Waals surface area contributed by atoms with Crippen LogP contribution >= 0.6 is 0 Å². The van der Waals surface area contributed by atoms with Crippen LogP contribution in [-0.2, 0) is 10.2 Å². The summed E-state index contributed by atoms with van der Waals surface area (Å²) in [6, 6.07) is 3.89. The van der Waals surface area contributed by atoms with Gasteiger partial charge in [-0.05, 0) is 36.6 Å². The van der Waals surface area contributed by atoms with Crippen molar-refractivity contribution in [3.63, 3.8) is 0 Å². The summed E-state index contributed by atoms with van der Waals surface area (Å²) in [6.45, 7) is 0. The fourth-order valence-electron chi connectivity index (χ4n) is 2.07. The van der Waals surface area contributed by atoms with Crippen LogP contribution in [0.25, 0.3) is 0 Å². The lowest BCUT2D eigenvalue weighted by atomic mass is 9.89. The van der Waals surface area contributed by atoms with Crippen LogP contribution in [0.15, 0.2) is 18.2 Å². The van der Waals surface area contributed by atoms with Crippen molar-refractivity contribution < 1.29 is 19.1 Å². The molecule has 1 aromatic carbocycles. The number of benzene rings is 1. The first-order valence-electron chi connectivity index (χ1n) is 5.04. The number of carbonyl (C=O) groups excluding carboxylic acids is 1. The van der Waals surface area contributed by atoms with Crippen molar-refractivity contribution in [3.05, 3.63) is 35.1 Å². The molecule has 0 unspecified atom stereocenters. The molecule has 1 aliphatic rings. The van der Waals surface area contributed by atoms with Crippen molar-refractivity contribution in [2.45, 2.75) is 24.7 Å². The Morgan fingerprint density at radius 1 is 1.50 bits per heavy atom. The van der Waals surface area contributed by atoms with E-state index in [1.165, 1.54) is 18.2 Å². The van der Waals surface area contributed by atoms with Crippen LogP contribution in [0.3, 0.4) is 0 Å². The van der Waals surface area contributed by atoms with Gasteiger partial charge in [-0.1, -0.05) is 0 Å². The van der Waals surface area contributed by atoms with Crippen LogP contribution in [-0.4, -0.2) is 17.4 Å². The number of aliphatic carboxylic acids is 1. The Bertz CT molecular complexity index is 450. The quantitative estimate of drug-likeness (QED) is 0.794. The molecule has 1 aromatic rings. The van der Waals surface area contributed by atoms with Crippen molar-refractivity contribution in [1.82, 2.24) is 0 Å². The normalized spacial score (nSPS) is 16.8. The van der Waals surface area contributed by atoms with Gasteiger partial charge in [0.25, 0.3) is 0 Å². The minimum atomic E-state index is -0.918. The molecule has 2 rings (SSSR count). The van der Waals surface area contributed by atoms with Gasteiger partial charge in [-0.3, -0.25) is 9.59 Å². The van der Waals surface area contributed by atoms with Gasteiger partial charge >= 0.3 is 5.97 Å². The van der Waals surface area contributed by atoms with E-state index < -0.39 is 17.2 Å². The Labute approximate surface area is 91.9 Å². The van der Waals surface area contributed by atoms with Crippen LogP contribution in [0.5, 0.6) is 0 Å². The zero-order valence-electron chi connectivity index (χ0n) is 8.57. The number of rotatable bonds is 4. The van der Waals surface area contributed by atoms with E-state index in [9.17, 15) is 14.0 Å². The summed E-state index contributed by atoms with van der Waals surface area (Å²) in [5, 5.41) is 8.80. The summed E-state index contributed by atoms with van der Waals surface area (Å²) in [4.78, 5) is 21.6. The number of aldehydes is 1. The molecule has 0 aromatic heterocycles. The van der Waals surface area contributed by atoms with Crippen molar-refractivity contribution in [3.8, 4) is 0 Å². The summed E-state index contributed by atoms with van der Waals surface area (Å²) in [5.41, 5.74) is 0.398. The lowest BCUT2D eigenvalue weighted by Gasteiger charge is -2.15. The molecule has 0 spiro atoms. The van der Waals surface area contributed by atoms with Gasteiger partial charge in [-0.15, -0.1) is 0 Å². The van der Waals surface area contributed by atoms with E-state index in [1.54, 1.807) is 0 Å². The topological polar surface area (TPSA) is 54.4 Å². The van der Waals surface area contributed by atoms with Crippen LogP contribution in [0.1, 0.15) is 35.2 Å². The van der Waals surface area contributed by atoms with E-state index in [0.717, 1.165) is 0 Å². The molecule has 0 heterocycles. The van der Waals surface area contributed by atoms with E-state index in [2.05, 4.69) is 0 Å². The summed E-state index contributed by atoms with van der Waals surface area (Å²) < 4.78 is 13.1. The highest BCUT2D eigenvalue weighted by molar-refractivity contribution is 5.80. The van der Waals surface area contributed by atoms with Gasteiger partial charge in [0.2, 0.25) is 0 Å². The number of carbonyl (C=O) groups is 2. The van der Waals surface area contributed by atoms with Gasteiger partial charge in [0.1, 0.15) is 12.1 Å². The second kappa shape index (κ2) is 3.70. The van der Waals surface area contributed by atoms with Crippen LogP contribution in [0.2, 0.25) is 0 Å². The third-order valence-corrected chi connectivity index (χ3v) is 3.06. The predicted molar refractivity (Wildman–Crippen MR) is 55.0 cm³/mol. The second-order valence-corrected chi connectivity index (χ2v) is 4.20. The third kappa shape index (κ3) is 1.83. The first kappa shape index (κ1) is 10.8. The first-order valence-corrected chi connectivity index (χ1v) is 5.04. The van der Waals surface area contributed by atoms with Crippen LogP contribution in [0.4, 0.5) is 4.39 Å². The summed E-state index contributed by atoms with van der Waals surface area (Å²) in [6.07, 6.45) is 2.00. The molecular formula is C12H11FO3. The number of halogens is 1. The lowest BCUT2D eigenvalue weighted by molar-refractivity contribution is -0.137. The molecule has 0 bridgehead atoms. The smallest absolute Gasteiger partial charge is 0.304 e. The van der Waals surface area contributed by atoms with Gasteiger partial charge in [0.15, 0.2) is 0 Å². The summed E-state index contributed by atoms with van der Waals surface area (Å²) in [5.74, 6) is -1.35. The monoisotopic (exact) mass is 222 g/mol. The predicted octanol–water partition coefficient (Wildman–Crippen LogP) is 2.14. The molecule has 0 aliphatic heterocycles. The Hall–Kier alpha value is -1.71. The molecular weight excluding hydrogens is 211 g/mol. The molecule has 3 nitrogen and oxygen atoms in total. The molecule has 0 atom stereocenters. The highest BCUT2D eigenvalue weighted by Crippen LogP contribution is 2.52. The molecule has 0 radical (unpaired) electrons. The highest BCUT2D eigenvalue weighted by Gasteiger charge is 2.47. The largest absolute Gasteiger partial charge is 0.481 e. The van der Waals surface area contributed by atoms with E-state index in [0.29, 0.717) is 30.3 Å². The molecule has 4 heteroatoms. The molecule has 0 amide bonds. The number of hydrogen-bond donors (Lipinski definition) is 1. The van der Waals surface area contributed by atoms with Gasteiger partial charge in [0.05, 0.1) is 6.42 Å². The minimum Gasteiger partial charge on any atom is -0.481 e. The van der Waals surface area contributed by atoms with E-state index >= 15 is 0 Å². The Morgan fingerprint density at radius 2 is 2.19 bits per heavy atom. The zero-order chi connectivity index (χ0) is 11.8. The van der Waals surface area contributed by atoms with Gasteiger partial charge < -0.3 is 5.11 Å². The Balaban J connectivity index is 2.42. The van der Waals surface area contributed by atoms with Crippen molar-refractivity contribution in [1.29, 1.82) is 0 Å². The van der Waals surface area contributed by atoms with E-state index in [1.807, 2.05) is 0 Å². The average molecular weight is 222 g/mol. The lowest BCUT2D eigenvalue weighted by Crippen LogP contribution is -2.15. The van der Waals surface area contributed by atoms with Crippen molar-refractivity contribution >= 4 is 12.3 Å². The molecule has 1 aliphatic carbocycles. The van der Waals surface area contributed by atoms with E-state index in [4.69, 9.17) is 5.11 Å². The molecule has 1 saturated carbocycles. The van der Waals surface area contributed by atoms with Gasteiger partial charge in [0, 0.05) is 11.0 Å². The fraction of sp³-hybridized carbons (Fsp3) is 0.333. The Morgan fingerprint density at radius 3 is 2.69 bits per heavy atom. The summed E-state index contributed by atoms with van der Waals surface area (Å²) in [7, 11) is 0. The van der Waals surface area contributed by atoms with Gasteiger partial charge in [-0.2, -0.15) is 0 Å². The molecule has 0 saturated heterocycles. The number of carboxylic acid groups (broad SMARTS) is 1. The molecule has 84 valence electrons. The maximum Gasteiger partial charge on any atom is 0.304 e. The minimum absolute atomic E-state index is 0.0444. The maximum absolute atomic E-state index is 13.1. The molecule has 1 N–H and O–H groups in total. The fourth-order valence-corrected chi connectivity index (χ4v) is 2.07. The maximum atomic E-state index is 13.1. The Kier molecular flexibility index (Phi) is 2.50. The molecule has 16 heavy (non-hydrogen) atoms. The third-order valence-electron chi connectivity index (χ3n) is 3.06. The standard InChI is InChI=1S/C12H11FO3/c13-9-2-1-8(7-14)10(5-9)12(3-4-12)6-11(15)16/h1-2,5,7H,3-4,6H2,(H,15,16). The van der Waals surface area contributed by atoms with Crippen LogP contribution in [0, 0.1) is 5.82 Å². The zero-order valence-corrected chi connectivity index (χ0v) is 8.57. The molecule has 1 fully saturated rings. The van der Waals surface area contributed by atoms with Crippen molar-refractivity contribution in [2.24, 2.45) is 0 Å². The summed E-state index contributed by atoms with van der Waals surface area (Å²) >= 11 is 0.